The highest BCUT2D eigenvalue weighted by Crippen LogP contribution is 2.04. The van der Waals surface area contributed by atoms with E-state index in [4.69, 9.17) is 11.1 Å². The number of benzene rings is 1. The first-order valence-electron chi connectivity index (χ1n) is 3.11. The van der Waals surface area contributed by atoms with Gasteiger partial charge in [-0.2, -0.15) is 0 Å². The molecule has 1 aromatic rings. The number of rotatable bonds is 2. The summed E-state index contributed by atoms with van der Waals surface area (Å²) in [6.07, 6.45) is 0. The highest BCUT2D eigenvalue weighted by molar-refractivity contribution is 7.02. The Morgan fingerprint density at radius 2 is 1.90 bits per heavy atom. The van der Waals surface area contributed by atoms with Crippen molar-refractivity contribution in [3.05, 3.63) is 35.9 Å². The second-order valence-electron chi connectivity index (χ2n) is 2.08. The topological polar surface area (TPSA) is 0 Å². The van der Waals surface area contributed by atoms with E-state index in [2.05, 4.69) is 0 Å². The summed E-state index contributed by atoms with van der Waals surface area (Å²) in [5.41, 5.74) is 0.997. The van der Waals surface area contributed by atoms with Crippen molar-refractivity contribution < 1.29 is 4.11 Å². The predicted molar refractivity (Wildman–Crippen MR) is 44.3 cm³/mol. The Kier molecular flexibility index (Phi) is 2.90. The maximum Gasteiger partial charge on any atom is 0.329 e. The van der Waals surface area contributed by atoms with Crippen LogP contribution >= 0.6 is 11.1 Å². The maximum absolute atomic E-state index is 12.3. The monoisotopic (exact) mass is 174 g/mol. The fourth-order valence-electron chi connectivity index (χ4n) is 0.792. The molecule has 1 rings (SSSR count). The normalized spacial score (nSPS) is 13.0. The molecule has 0 spiro atoms. The van der Waals surface area contributed by atoms with Crippen LogP contribution in [-0.4, -0.2) is 8.44 Å². The highest BCUT2D eigenvalue weighted by Gasteiger charge is 2.04. The van der Waals surface area contributed by atoms with Crippen molar-refractivity contribution in [2.75, 3.05) is 0 Å². The second kappa shape index (κ2) is 3.74. The Balaban J connectivity index is 2.59. The minimum atomic E-state index is -2.42. The van der Waals surface area contributed by atoms with Gasteiger partial charge in [0.05, 0.1) is 0 Å². The third kappa shape index (κ3) is 2.50. The van der Waals surface area contributed by atoms with Gasteiger partial charge in [0.25, 0.3) is 0 Å². The summed E-state index contributed by atoms with van der Waals surface area (Å²) in [7, 11) is -2.42. The molecule has 0 bridgehead atoms. The zero-order valence-electron chi connectivity index (χ0n) is 5.43. The molecule has 0 heterocycles. The minimum absolute atomic E-state index is 0.433. The average molecular weight is 175 g/mol. The lowest BCUT2D eigenvalue weighted by Gasteiger charge is -1.96. The van der Waals surface area contributed by atoms with E-state index in [-0.39, 0.29) is 0 Å². The molecule has 0 aromatic heterocycles. The maximum atomic E-state index is 12.3. The van der Waals surface area contributed by atoms with E-state index in [1.54, 1.807) is 0 Å². The Hall–Kier alpha value is -0.343. The molecule has 1 unspecified atom stereocenters. The molecule has 0 aliphatic carbocycles. The minimum Gasteiger partial charge on any atom is -0.297 e. The quantitative estimate of drug-likeness (QED) is 0.477. The Morgan fingerprint density at radius 1 is 1.30 bits per heavy atom. The van der Waals surface area contributed by atoms with Crippen molar-refractivity contribution in [2.45, 2.75) is 6.04 Å². The zero-order valence-corrected chi connectivity index (χ0v) is 7.34. The van der Waals surface area contributed by atoms with Crippen molar-refractivity contribution in [3.63, 3.8) is 0 Å². The molecule has 1 aromatic carbocycles. The molecule has 0 amide bonds. The summed E-state index contributed by atoms with van der Waals surface area (Å²) < 4.78 is 12.3. The van der Waals surface area contributed by atoms with Crippen molar-refractivity contribution >= 4 is 19.5 Å². The average Bonchev–Trinajstić information content (AvgIpc) is 1.88. The van der Waals surface area contributed by atoms with Crippen LogP contribution in [0.4, 0.5) is 4.11 Å². The molecule has 10 heavy (non-hydrogen) atoms. The van der Waals surface area contributed by atoms with E-state index >= 15 is 0 Å². The summed E-state index contributed by atoms with van der Waals surface area (Å²) in [6.45, 7) is 0. The largest absolute Gasteiger partial charge is 0.329 e. The van der Waals surface area contributed by atoms with Gasteiger partial charge in [-0.05, 0) is 5.56 Å². The highest BCUT2D eigenvalue weighted by atomic mass is 35.6. The molecular weight excluding hydrogens is 167 g/mol. The van der Waals surface area contributed by atoms with Crippen molar-refractivity contribution in [1.29, 1.82) is 0 Å². The number of halogens is 2. The predicted octanol–water partition coefficient (Wildman–Crippen LogP) is 2.20. The molecule has 0 nitrogen and oxygen atoms in total. The van der Waals surface area contributed by atoms with Gasteiger partial charge in [-0.15, -0.1) is 11.1 Å². The fraction of sp³-hybridized carbons (Fsp3) is 0.143. The molecule has 54 valence electrons. The van der Waals surface area contributed by atoms with Crippen LogP contribution in [0.25, 0.3) is 0 Å². The molecular formula is C7H8ClFSi. The van der Waals surface area contributed by atoms with Crippen molar-refractivity contribution in [2.24, 2.45) is 0 Å². The van der Waals surface area contributed by atoms with Gasteiger partial charge in [-0.25, -0.2) is 0 Å². The molecule has 0 aliphatic rings. The molecule has 0 saturated heterocycles. The lowest BCUT2D eigenvalue weighted by molar-refractivity contribution is 0.848. The first-order chi connectivity index (χ1) is 4.79. The van der Waals surface area contributed by atoms with E-state index in [9.17, 15) is 4.11 Å². The van der Waals surface area contributed by atoms with E-state index in [1.165, 1.54) is 0 Å². The van der Waals surface area contributed by atoms with Crippen LogP contribution in [0.3, 0.4) is 0 Å². The van der Waals surface area contributed by atoms with E-state index in [0.717, 1.165) is 5.56 Å². The lowest BCUT2D eigenvalue weighted by Crippen LogP contribution is -1.99. The summed E-state index contributed by atoms with van der Waals surface area (Å²) in [6, 6.07) is 9.91. The molecule has 0 radical (unpaired) electrons. The SMILES string of the molecule is F[SiH](Cl)Cc1ccccc1. The number of hydrogen-bond acceptors (Lipinski definition) is 0. The fourth-order valence-corrected chi connectivity index (χ4v) is 1.96. The van der Waals surface area contributed by atoms with Gasteiger partial charge < -0.3 is 0 Å². The van der Waals surface area contributed by atoms with Crippen LogP contribution in [0.1, 0.15) is 5.56 Å². The third-order valence-electron chi connectivity index (χ3n) is 1.23. The first-order valence-corrected chi connectivity index (χ1v) is 6.11. The lowest BCUT2D eigenvalue weighted by atomic mass is 10.2. The van der Waals surface area contributed by atoms with E-state index in [0.29, 0.717) is 6.04 Å². The Labute approximate surface area is 66.1 Å². The summed E-state index contributed by atoms with van der Waals surface area (Å²) in [4.78, 5) is 0. The molecule has 0 aliphatic heterocycles. The summed E-state index contributed by atoms with van der Waals surface area (Å²) in [5.74, 6) is 0. The smallest absolute Gasteiger partial charge is 0.297 e. The van der Waals surface area contributed by atoms with Crippen LogP contribution in [0.5, 0.6) is 0 Å². The van der Waals surface area contributed by atoms with Crippen LogP contribution < -0.4 is 0 Å². The zero-order chi connectivity index (χ0) is 7.40. The molecule has 0 N–H and O–H groups in total. The van der Waals surface area contributed by atoms with Gasteiger partial charge in [0.2, 0.25) is 0 Å². The van der Waals surface area contributed by atoms with E-state index < -0.39 is 8.44 Å². The Bertz CT molecular complexity index is 188. The van der Waals surface area contributed by atoms with Gasteiger partial charge in [0.1, 0.15) is 0 Å². The first kappa shape index (κ1) is 7.76. The molecule has 3 heteroatoms. The Morgan fingerprint density at radius 3 is 2.40 bits per heavy atom. The molecule has 1 atom stereocenters. The molecule has 0 saturated carbocycles. The van der Waals surface area contributed by atoms with Gasteiger partial charge in [0, 0.05) is 6.04 Å². The summed E-state index contributed by atoms with van der Waals surface area (Å²) in [5, 5.41) is 0. The number of hydrogen-bond donors (Lipinski definition) is 0. The molecule has 0 fully saturated rings. The van der Waals surface area contributed by atoms with Crippen LogP contribution in [0.2, 0.25) is 0 Å². The standard InChI is InChI=1S/C7H8ClFSi/c8-10(9)6-7-4-2-1-3-5-7/h1-5,10H,6H2. The van der Waals surface area contributed by atoms with Gasteiger partial charge in [-0.3, -0.25) is 4.11 Å². The van der Waals surface area contributed by atoms with Crippen LogP contribution in [0.15, 0.2) is 30.3 Å². The van der Waals surface area contributed by atoms with Crippen LogP contribution in [-0.2, 0) is 6.04 Å². The third-order valence-corrected chi connectivity index (χ3v) is 2.48. The van der Waals surface area contributed by atoms with Crippen LogP contribution in [0, 0.1) is 0 Å². The summed E-state index contributed by atoms with van der Waals surface area (Å²) >= 11 is 5.28. The van der Waals surface area contributed by atoms with Gasteiger partial charge >= 0.3 is 8.44 Å². The van der Waals surface area contributed by atoms with Gasteiger partial charge in [-0.1, -0.05) is 30.3 Å². The second-order valence-corrected chi connectivity index (χ2v) is 4.69. The van der Waals surface area contributed by atoms with Gasteiger partial charge in [0.15, 0.2) is 0 Å². The van der Waals surface area contributed by atoms with Crippen molar-refractivity contribution in [3.8, 4) is 0 Å². The van der Waals surface area contributed by atoms with Crippen molar-refractivity contribution in [1.82, 2.24) is 0 Å². The van der Waals surface area contributed by atoms with E-state index in [1.807, 2.05) is 30.3 Å².